The highest BCUT2D eigenvalue weighted by Crippen LogP contribution is 2.47. The molecule has 0 spiro atoms. The molecule has 0 N–H and O–H groups in total. The number of imide groups is 1. The van der Waals surface area contributed by atoms with Crippen molar-refractivity contribution in [2.45, 2.75) is 12.6 Å². The summed E-state index contributed by atoms with van der Waals surface area (Å²) >= 11 is 0. The molecule has 2 amide bonds. The van der Waals surface area contributed by atoms with Crippen molar-refractivity contribution >= 4 is 11.8 Å². The lowest BCUT2D eigenvalue weighted by atomic mass is 10.0. The van der Waals surface area contributed by atoms with Crippen LogP contribution in [-0.2, 0) is 12.6 Å². The van der Waals surface area contributed by atoms with Gasteiger partial charge in [0.1, 0.15) is 5.56 Å². The van der Waals surface area contributed by atoms with Crippen molar-refractivity contribution < 1.29 is 27.6 Å². The first-order chi connectivity index (χ1) is 13.9. The van der Waals surface area contributed by atoms with Gasteiger partial charge in [0.15, 0.2) is 5.75 Å². The van der Waals surface area contributed by atoms with Crippen molar-refractivity contribution in [3.05, 3.63) is 88.5 Å². The van der Waals surface area contributed by atoms with E-state index in [-0.39, 0.29) is 17.5 Å². The molecule has 0 bridgehead atoms. The molecule has 2 aliphatic rings. The molecule has 7 heteroatoms. The van der Waals surface area contributed by atoms with Gasteiger partial charge in [-0.05, 0) is 34.9 Å². The second-order valence-corrected chi connectivity index (χ2v) is 6.84. The second kappa shape index (κ2) is 5.94. The highest BCUT2D eigenvalue weighted by atomic mass is 19.4. The zero-order chi connectivity index (χ0) is 20.3. The molecule has 5 rings (SSSR count). The molecule has 1 aliphatic carbocycles. The van der Waals surface area contributed by atoms with E-state index in [0.29, 0.717) is 16.2 Å². The molecule has 29 heavy (non-hydrogen) atoms. The summed E-state index contributed by atoms with van der Waals surface area (Å²) in [6, 6.07) is 15.6. The highest BCUT2D eigenvalue weighted by Gasteiger charge is 2.42. The number of hydrogen-bond acceptors (Lipinski definition) is 3. The van der Waals surface area contributed by atoms with E-state index in [2.05, 4.69) is 0 Å². The van der Waals surface area contributed by atoms with Crippen LogP contribution in [0.5, 0.6) is 5.75 Å². The number of carbonyl (C=O) groups is 2. The molecule has 4 nitrogen and oxygen atoms in total. The van der Waals surface area contributed by atoms with Crippen LogP contribution in [0.15, 0.2) is 60.7 Å². The largest absolute Gasteiger partial charge is 0.420 e. The van der Waals surface area contributed by atoms with Crippen molar-refractivity contribution in [3.63, 3.8) is 0 Å². The first kappa shape index (κ1) is 17.5. The minimum atomic E-state index is -4.71. The van der Waals surface area contributed by atoms with Crippen LogP contribution in [0.25, 0.3) is 11.1 Å². The van der Waals surface area contributed by atoms with Crippen molar-refractivity contribution in [2.75, 3.05) is 0 Å². The van der Waals surface area contributed by atoms with Crippen LogP contribution in [0.4, 0.5) is 13.2 Å². The predicted molar refractivity (Wildman–Crippen MR) is 97.3 cm³/mol. The van der Waals surface area contributed by atoms with Crippen molar-refractivity contribution in [1.29, 1.82) is 0 Å². The van der Waals surface area contributed by atoms with Crippen LogP contribution in [0.3, 0.4) is 0 Å². The monoisotopic (exact) mass is 395 g/mol. The Bertz CT molecular complexity index is 1170. The number of fused-ring (bicyclic) bond motifs is 4. The molecule has 144 valence electrons. The Labute approximate surface area is 163 Å². The van der Waals surface area contributed by atoms with Crippen LogP contribution in [0, 0.1) is 0 Å². The third-order valence-electron chi connectivity index (χ3n) is 5.18. The highest BCUT2D eigenvalue weighted by molar-refractivity contribution is 6.20. The summed E-state index contributed by atoms with van der Waals surface area (Å²) < 4.78 is 41.1. The fourth-order valence-electron chi connectivity index (χ4n) is 3.85. The number of amides is 2. The molecular weight excluding hydrogens is 383 g/mol. The fraction of sp³-hybridized carbons (Fsp3) is 0.0909. The lowest BCUT2D eigenvalue weighted by Crippen LogP contribution is -2.34. The summed E-state index contributed by atoms with van der Waals surface area (Å²) in [6.07, 6.45) is -4.49. The van der Waals surface area contributed by atoms with Gasteiger partial charge in [-0.1, -0.05) is 47.5 Å². The van der Waals surface area contributed by atoms with Crippen LogP contribution in [0.1, 0.15) is 37.4 Å². The number of halogens is 3. The van der Waals surface area contributed by atoms with Gasteiger partial charge in [-0.3, -0.25) is 9.59 Å². The van der Waals surface area contributed by atoms with E-state index < -0.39 is 29.3 Å². The molecule has 0 saturated heterocycles. The number of carbonyl (C=O) groups excluding carboxylic acids is 2. The third kappa shape index (κ3) is 2.54. The van der Waals surface area contributed by atoms with Crippen molar-refractivity contribution in [2.24, 2.45) is 0 Å². The average molecular weight is 395 g/mol. The van der Waals surface area contributed by atoms with Gasteiger partial charge in [0, 0.05) is 12.0 Å². The normalized spacial score (nSPS) is 14.7. The van der Waals surface area contributed by atoms with Gasteiger partial charge in [-0.15, -0.1) is 0 Å². The smallest absolute Gasteiger partial charge is 0.368 e. The van der Waals surface area contributed by atoms with Crippen LogP contribution >= 0.6 is 0 Å². The summed E-state index contributed by atoms with van der Waals surface area (Å²) in [5.41, 5.74) is 1.74. The van der Waals surface area contributed by atoms with Gasteiger partial charge in [0.25, 0.3) is 11.8 Å². The SMILES string of the molecule is O=C1c2ccccc2C(=O)N1Oc1c(C(F)(F)F)ccc2c1Cc1ccccc1-2. The number of alkyl halides is 3. The topological polar surface area (TPSA) is 46.6 Å². The molecule has 0 fully saturated rings. The van der Waals surface area contributed by atoms with Gasteiger partial charge < -0.3 is 4.84 Å². The Morgan fingerprint density at radius 2 is 1.34 bits per heavy atom. The molecule has 3 aromatic carbocycles. The third-order valence-corrected chi connectivity index (χ3v) is 5.18. The number of hydroxylamine groups is 2. The lowest BCUT2D eigenvalue weighted by Gasteiger charge is -2.21. The maximum Gasteiger partial charge on any atom is 0.420 e. The van der Waals surface area contributed by atoms with E-state index in [1.165, 1.54) is 18.2 Å². The number of hydrogen-bond donors (Lipinski definition) is 0. The summed E-state index contributed by atoms with van der Waals surface area (Å²) in [5.74, 6) is -2.08. The fourth-order valence-corrected chi connectivity index (χ4v) is 3.85. The number of benzene rings is 3. The zero-order valence-corrected chi connectivity index (χ0v) is 14.8. The first-order valence-electron chi connectivity index (χ1n) is 8.83. The van der Waals surface area contributed by atoms with Gasteiger partial charge in [-0.2, -0.15) is 13.2 Å². The minimum Gasteiger partial charge on any atom is -0.368 e. The minimum absolute atomic E-state index is 0.0990. The molecule has 0 unspecified atom stereocenters. The van der Waals surface area contributed by atoms with Gasteiger partial charge in [-0.25, -0.2) is 0 Å². The summed E-state index contributed by atoms with van der Waals surface area (Å²) in [6.45, 7) is 0. The van der Waals surface area contributed by atoms with Crippen LogP contribution in [-0.4, -0.2) is 16.9 Å². The Kier molecular flexibility index (Phi) is 3.58. The summed E-state index contributed by atoms with van der Waals surface area (Å²) in [7, 11) is 0. The molecule has 1 heterocycles. The van der Waals surface area contributed by atoms with E-state index in [1.54, 1.807) is 24.3 Å². The van der Waals surface area contributed by atoms with Gasteiger partial charge in [0.05, 0.1) is 11.1 Å². The van der Waals surface area contributed by atoms with Crippen LogP contribution in [0.2, 0.25) is 0 Å². The Hall–Kier alpha value is -3.61. The molecule has 1 aliphatic heterocycles. The summed E-state index contributed by atoms with van der Waals surface area (Å²) in [5, 5.41) is 0.415. The van der Waals surface area contributed by atoms with E-state index >= 15 is 0 Å². The van der Waals surface area contributed by atoms with Crippen molar-refractivity contribution in [1.82, 2.24) is 5.06 Å². The van der Waals surface area contributed by atoms with Gasteiger partial charge >= 0.3 is 6.18 Å². The van der Waals surface area contributed by atoms with E-state index in [1.807, 2.05) is 12.1 Å². The molecule has 0 radical (unpaired) electrons. The molecule has 0 atom stereocenters. The van der Waals surface area contributed by atoms with E-state index in [4.69, 9.17) is 4.84 Å². The zero-order valence-electron chi connectivity index (χ0n) is 14.8. The van der Waals surface area contributed by atoms with E-state index in [0.717, 1.165) is 17.2 Å². The number of nitrogens with zero attached hydrogens (tertiary/aromatic N) is 1. The maximum absolute atomic E-state index is 13.7. The lowest BCUT2D eigenvalue weighted by molar-refractivity contribution is -0.141. The molecule has 0 saturated carbocycles. The Morgan fingerprint density at radius 1 is 0.759 bits per heavy atom. The van der Waals surface area contributed by atoms with Gasteiger partial charge in [0.2, 0.25) is 0 Å². The summed E-state index contributed by atoms with van der Waals surface area (Å²) in [4.78, 5) is 30.6. The molecular formula is C22H12F3NO3. The predicted octanol–water partition coefficient (Wildman–Crippen LogP) is 4.87. The second-order valence-electron chi connectivity index (χ2n) is 6.84. The standard InChI is InChI=1S/C22H12F3NO3/c23-22(24,25)18-10-9-14-13-6-2-1-5-12(13)11-17(14)19(18)29-26-20(27)15-7-3-4-8-16(15)21(26)28/h1-10H,11H2. The Balaban J connectivity index is 1.64. The number of rotatable bonds is 2. The van der Waals surface area contributed by atoms with Crippen molar-refractivity contribution in [3.8, 4) is 16.9 Å². The van der Waals surface area contributed by atoms with E-state index in [9.17, 15) is 22.8 Å². The van der Waals surface area contributed by atoms with Crippen LogP contribution < -0.4 is 4.84 Å². The Morgan fingerprint density at radius 3 is 1.97 bits per heavy atom. The first-order valence-corrected chi connectivity index (χ1v) is 8.83. The quantitative estimate of drug-likeness (QED) is 0.455. The molecule has 3 aromatic rings. The maximum atomic E-state index is 13.7. The molecule has 0 aromatic heterocycles. The average Bonchev–Trinajstić information content (AvgIpc) is 3.19.